The third-order valence-electron chi connectivity index (χ3n) is 4.53. The number of hydrogen-bond donors (Lipinski definition) is 1. The Labute approximate surface area is 176 Å². The zero-order valence-electron chi connectivity index (χ0n) is 14.9. The zero-order valence-corrected chi connectivity index (χ0v) is 16.5. The molecule has 3 aromatic rings. The van der Waals surface area contributed by atoms with E-state index in [4.69, 9.17) is 29.1 Å². The van der Waals surface area contributed by atoms with Gasteiger partial charge in [0, 0.05) is 27.7 Å². The lowest BCUT2D eigenvalue weighted by molar-refractivity contribution is -0.122. The monoisotopic (exact) mass is 420 g/mol. The molecule has 0 radical (unpaired) electrons. The van der Waals surface area contributed by atoms with E-state index in [1.165, 1.54) is 11.0 Å². The molecular weight excluding hydrogens is 408 g/mol. The number of nitrogens with zero attached hydrogens (tertiary/aromatic N) is 3. The van der Waals surface area contributed by atoms with Crippen LogP contribution in [0.5, 0.6) is 0 Å². The van der Waals surface area contributed by atoms with Gasteiger partial charge in [0.1, 0.15) is 12.1 Å². The highest BCUT2D eigenvalue weighted by Crippen LogP contribution is 2.27. The maximum atomic E-state index is 13.1. The van der Waals surface area contributed by atoms with Crippen LogP contribution in [-0.2, 0) is 16.1 Å². The van der Waals surface area contributed by atoms with Crippen LogP contribution in [0.15, 0.2) is 60.3 Å². The van der Waals surface area contributed by atoms with Gasteiger partial charge in [0.15, 0.2) is 5.11 Å². The molecule has 1 fully saturated rings. The number of nitriles is 1. The maximum Gasteiger partial charge on any atom is 0.270 e. The fourth-order valence-electron chi connectivity index (χ4n) is 3.26. The van der Waals surface area contributed by atoms with E-state index in [1.54, 1.807) is 35.0 Å². The Morgan fingerprint density at radius 1 is 1.17 bits per heavy atom. The summed E-state index contributed by atoms with van der Waals surface area (Å²) in [6, 6.07) is 16.2. The minimum absolute atomic E-state index is 0.00803. The van der Waals surface area contributed by atoms with Gasteiger partial charge in [0.25, 0.3) is 11.8 Å². The van der Waals surface area contributed by atoms with E-state index in [0.717, 1.165) is 10.9 Å². The number of carbonyl (C=O) groups excluding carboxylic acids is 2. The maximum absolute atomic E-state index is 13.1. The van der Waals surface area contributed by atoms with E-state index < -0.39 is 11.8 Å². The summed E-state index contributed by atoms with van der Waals surface area (Å²) in [5.41, 5.74) is 1.91. The molecule has 0 aliphatic carbocycles. The number of aromatic nitrogens is 1. The van der Waals surface area contributed by atoms with Crippen LogP contribution < -0.4 is 10.2 Å². The molecule has 4 rings (SSSR count). The quantitative estimate of drug-likeness (QED) is 0.398. The van der Waals surface area contributed by atoms with Gasteiger partial charge < -0.3 is 4.57 Å². The van der Waals surface area contributed by atoms with Crippen molar-refractivity contribution < 1.29 is 9.59 Å². The number of anilines is 1. The summed E-state index contributed by atoms with van der Waals surface area (Å²) in [4.78, 5) is 26.9. The minimum Gasteiger partial charge on any atom is -0.333 e. The van der Waals surface area contributed by atoms with E-state index in [0.29, 0.717) is 16.3 Å². The van der Waals surface area contributed by atoms with Gasteiger partial charge in [-0.2, -0.15) is 5.26 Å². The molecule has 8 heteroatoms. The molecule has 1 aromatic heterocycles. The normalized spacial score (nSPS) is 15.7. The lowest BCUT2D eigenvalue weighted by Crippen LogP contribution is -2.54. The topological polar surface area (TPSA) is 78.1 Å². The molecule has 6 nitrogen and oxygen atoms in total. The molecule has 0 unspecified atom stereocenters. The Morgan fingerprint density at radius 3 is 2.72 bits per heavy atom. The molecule has 0 bridgehead atoms. The van der Waals surface area contributed by atoms with Gasteiger partial charge in [0.2, 0.25) is 0 Å². The second-order valence-electron chi connectivity index (χ2n) is 6.33. The van der Waals surface area contributed by atoms with Crippen LogP contribution in [0.4, 0.5) is 5.69 Å². The Morgan fingerprint density at radius 2 is 1.97 bits per heavy atom. The van der Waals surface area contributed by atoms with Crippen molar-refractivity contribution in [2.75, 3.05) is 4.90 Å². The van der Waals surface area contributed by atoms with Crippen molar-refractivity contribution in [3.8, 4) is 6.07 Å². The lowest BCUT2D eigenvalue weighted by Gasteiger charge is -2.29. The van der Waals surface area contributed by atoms with Crippen LogP contribution in [0.25, 0.3) is 17.0 Å². The number of amides is 2. The highest BCUT2D eigenvalue weighted by atomic mass is 35.5. The zero-order chi connectivity index (χ0) is 20.5. The van der Waals surface area contributed by atoms with Crippen molar-refractivity contribution in [2.45, 2.75) is 6.54 Å². The van der Waals surface area contributed by atoms with E-state index in [-0.39, 0.29) is 17.2 Å². The van der Waals surface area contributed by atoms with Crippen molar-refractivity contribution >= 4 is 63.4 Å². The number of para-hydroxylation sites is 1. The van der Waals surface area contributed by atoms with E-state index in [2.05, 4.69) is 11.4 Å². The van der Waals surface area contributed by atoms with Crippen molar-refractivity contribution in [3.05, 3.63) is 70.9 Å². The molecular formula is C21H13ClN4O2S. The van der Waals surface area contributed by atoms with Crippen LogP contribution in [0, 0.1) is 11.3 Å². The number of hydrogen-bond acceptors (Lipinski definition) is 4. The third-order valence-corrected chi connectivity index (χ3v) is 5.05. The van der Waals surface area contributed by atoms with Crippen LogP contribution in [0.2, 0.25) is 5.02 Å². The lowest BCUT2D eigenvalue weighted by atomic mass is 10.1. The van der Waals surface area contributed by atoms with Crippen molar-refractivity contribution in [3.63, 3.8) is 0 Å². The molecule has 1 aliphatic rings. The van der Waals surface area contributed by atoms with Crippen LogP contribution in [0.1, 0.15) is 5.56 Å². The third kappa shape index (κ3) is 3.40. The van der Waals surface area contributed by atoms with Gasteiger partial charge in [-0.1, -0.05) is 35.9 Å². The first-order valence-electron chi connectivity index (χ1n) is 8.61. The smallest absolute Gasteiger partial charge is 0.270 e. The second kappa shape index (κ2) is 7.51. The molecule has 2 amide bonds. The average Bonchev–Trinajstić information content (AvgIpc) is 3.03. The molecule has 2 heterocycles. The first kappa shape index (κ1) is 18.9. The first-order valence-corrected chi connectivity index (χ1v) is 9.40. The van der Waals surface area contributed by atoms with Gasteiger partial charge >= 0.3 is 0 Å². The minimum atomic E-state index is -0.574. The standard InChI is InChI=1S/C21H13ClN4O2S/c22-14-4-3-5-15(11-14)26-20(28)17(19(27)24-21(26)29)10-13-12-25(9-8-23)18-7-2-1-6-16(13)18/h1-7,10-12H,9H2,(H,24,27,29). The summed E-state index contributed by atoms with van der Waals surface area (Å²) >= 11 is 11.2. The average molecular weight is 421 g/mol. The summed E-state index contributed by atoms with van der Waals surface area (Å²) in [6.07, 6.45) is 3.27. The summed E-state index contributed by atoms with van der Waals surface area (Å²) in [6.45, 7) is 0.155. The molecule has 2 aromatic carbocycles. The molecule has 0 spiro atoms. The Kier molecular flexibility index (Phi) is 4.89. The molecule has 1 N–H and O–H groups in total. The molecule has 0 atom stereocenters. The van der Waals surface area contributed by atoms with Gasteiger partial charge in [-0.25, -0.2) is 0 Å². The summed E-state index contributed by atoms with van der Waals surface area (Å²) < 4.78 is 1.77. The Bertz CT molecular complexity index is 1260. The molecule has 142 valence electrons. The van der Waals surface area contributed by atoms with E-state index >= 15 is 0 Å². The van der Waals surface area contributed by atoms with Crippen molar-refractivity contribution in [1.82, 2.24) is 9.88 Å². The first-order chi connectivity index (χ1) is 14.0. The number of carbonyl (C=O) groups is 2. The largest absolute Gasteiger partial charge is 0.333 e. The highest BCUT2D eigenvalue weighted by molar-refractivity contribution is 7.80. The summed E-state index contributed by atoms with van der Waals surface area (Å²) in [5.74, 6) is -1.12. The molecule has 1 aliphatic heterocycles. The predicted molar refractivity (Wildman–Crippen MR) is 115 cm³/mol. The molecule has 1 saturated heterocycles. The second-order valence-corrected chi connectivity index (χ2v) is 7.15. The number of rotatable bonds is 3. The SMILES string of the molecule is N#CCn1cc(C=C2C(=O)NC(=S)N(c3cccc(Cl)c3)C2=O)c2ccccc21. The number of benzene rings is 2. The van der Waals surface area contributed by atoms with Gasteiger partial charge in [-0.15, -0.1) is 0 Å². The van der Waals surface area contributed by atoms with Crippen molar-refractivity contribution in [1.29, 1.82) is 5.26 Å². The fourth-order valence-corrected chi connectivity index (χ4v) is 3.73. The number of thiocarbonyl (C=S) groups is 1. The summed E-state index contributed by atoms with van der Waals surface area (Å²) in [7, 11) is 0. The van der Waals surface area contributed by atoms with E-state index in [1.807, 2.05) is 24.3 Å². The number of nitrogens with one attached hydrogen (secondary N) is 1. The predicted octanol–water partition coefficient (Wildman–Crippen LogP) is 3.65. The molecule has 29 heavy (non-hydrogen) atoms. The Hall–Kier alpha value is -3.47. The molecule has 0 saturated carbocycles. The van der Waals surface area contributed by atoms with E-state index in [9.17, 15) is 9.59 Å². The van der Waals surface area contributed by atoms with Crippen LogP contribution >= 0.6 is 23.8 Å². The Balaban J connectivity index is 1.82. The van der Waals surface area contributed by atoms with Crippen LogP contribution in [0.3, 0.4) is 0 Å². The van der Waals surface area contributed by atoms with Crippen molar-refractivity contribution in [2.24, 2.45) is 0 Å². The number of fused-ring (bicyclic) bond motifs is 1. The van der Waals surface area contributed by atoms with Crippen LogP contribution in [-0.4, -0.2) is 21.5 Å². The van der Waals surface area contributed by atoms with Gasteiger partial charge in [0.05, 0.1) is 11.8 Å². The number of halogens is 1. The fraction of sp³-hybridized carbons (Fsp3) is 0.0476. The van der Waals surface area contributed by atoms with Gasteiger partial charge in [-0.3, -0.25) is 19.8 Å². The highest BCUT2D eigenvalue weighted by Gasteiger charge is 2.34. The van der Waals surface area contributed by atoms with Gasteiger partial charge in [-0.05, 0) is 42.6 Å². The summed E-state index contributed by atoms with van der Waals surface area (Å²) in [5, 5.41) is 12.9.